The summed E-state index contributed by atoms with van der Waals surface area (Å²) in [6.07, 6.45) is 0. The van der Waals surface area contributed by atoms with Gasteiger partial charge in [0.25, 0.3) is 0 Å². The van der Waals surface area contributed by atoms with Crippen LogP contribution in [0, 0.1) is 11.3 Å². The molecule has 14 heavy (non-hydrogen) atoms. The van der Waals surface area contributed by atoms with E-state index in [1.807, 2.05) is 6.07 Å². The summed E-state index contributed by atoms with van der Waals surface area (Å²) in [5, 5.41) is 8.53. The molecule has 6 heteroatoms. The summed E-state index contributed by atoms with van der Waals surface area (Å²) in [5.41, 5.74) is 5.44. The summed E-state index contributed by atoms with van der Waals surface area (Å²) < 4.78 is 14.9. The van der Waals surface area contributed by atoms with Crippen LogP contribution in [0.4, 0.5) is 5.88 Å². The number of hydrogen-bond donors (Lipinski definition) is 1. The molecular formula is C8H11N3O3. The van der Waals surface area contributed by atoms with Crippen molar-refractivity contribution in [1.82, 2.24) is 4.98 Å². The standard InChI is InChI=1S/C8H11N3O3/c1-12-2-3-13-5-7-11-6(4-9)8(10)14-7/h2-3,5,10H2,1H3. The molecule has 0 aliphatic carbocycles. The fraction of sp³-hybridized carbons (Fsp3) is 0.500. The van der Waals surface area contributed by atoms with Crippen LogP contribution in [-0.4, -0.2) is 25.3 Å². The number of nitrogens with zero attached hydrogens (tertiary/aromatic N) is 2. The molecule has 0 radical (unpaired) electrons. The second kappa shape index (κ2) is 5.21. The molecule has 0 fully saturated rings. The average Bonchev–Trinajstić information content (AvgIpc) is 2.54. The first-order chi connectivity index (χ1) is 6.77. The second-order valence-corrected chi connectivity index (χ2v) is 2.48. The van der Waals surface area contributed by atoms with Crippen LogP contribution in [0.25, 0.3) is 0 Å². The van der Waals surface area contributed by atoms with Crippen LogP contribution in [0.15, 0.2) is 4.42 Å². The molecule has 76 valence electrons. The maximum atomic E-state index is 8.53. The zero-order valence-electron chi connectivity index (χ0n) is 7.82. The summed E-state index contributed by atoms with van der Waals surface area (Å²) in [7, 11) is 1.58. The van der Waals surface area contributed by atoms with E-state index in [1.54, 1.807) is 7.11 Å². The fourth-order valence-electron chi connectivity index (χ4n) is 0.821. The van der Waals surface area contributed by atoms with E-state index in [9.17, 15) is 0 Å². The molecule has 1 aromatic heterocycles. The third-order valence-electron chi connectivity index (χ3n) is 1.46. The Kier molecular flexibility index (Phi) is 3.91. The minimum absolute atomic E-state index is 0.0258. The van der Waals surface area contributed by atoms with Gasteiger partial charge >= 0.3 is 0 Å². The number of ether oxygens (including phenoxy) is 2. The summed E-state index contributed by atoms with van der Waals surface area (Å²) >= 11 is 0. The lowest BCUT2D eigenvalue weighted by Crippen LogP contribution is -2.01. The predicted molar refractivity (Wildman–Crippen MR) is 47.2 cm³/mol. The maximum Gasteiger partial charge on any atom is 0.229 e. The Balaban J connectivity index is 2.40. The van der Waals surface area contributed by atoms with E-state index in [0.29, 0.717) is 19.1 Å². The number of aromatic nitrogens is 1. The molecule has 2 N–H and O–H groups in total. The van der Waals surface area contributed by atoms with Crippen molar-refractivity contribution in [3.63, 3.8) is 0 Å². The van der Waals surface area contributed by atoms with Crippen LogP contribution in [0.1, 0.15) is 11.6 Å². The van der Waals surface area contributed by atoms with E-state index in [1.165, 1.54) is 0 Å². The highest BCUT2D eigenvalue weighted by Crippen LogP contribution is 2.12. The Labute approximate surface area is 81.2 Å². The number of nitrogens with two attached hydrogens (primary N) is 1. The van der Waals surface area contributed by atoms with Gasteiger partial charge in [-0.25, -0.2) is 0 Å². The van der Waals surface area contributed by atoms with Crippen LogP contribution in [0.5, 0.6) is 0 Å². The monoisotopic (exact) mass is 197 g/mol. The van der Waals surface area contributed by atoms with Gasteiger partial charge in [-0.05, 0) is 0 Å². The molecule has 6 nitrogen and oxygen atoms in total. The fourth-order valence-corrected chi connectivity index (χ4v) is 0.821. The topological polar surface area (TPSA) is 94.3 Å². The third kappa shape index (κ3) is 2.73. The Bertz CT molecular complexity index is 329. The van der Waals surface area contributed by atoms with E-state index in [0.717, 1.165) is 0 Å². The van der Waals surface area contributed by atoms with Gasteiger partial charge in [-0.2, -0.15) is 10.2 Å². The molecule has 0 unspecified atom stereocenters. The lowest BCUT2D eigenvalue weighted by molar-refractivity contribution is 0.0521. The Morgan fingerprint density at radius 1 is 1.57 bits per heavy atom. The SMILES string of the molecule is COCCOCc1nc(C#N)c(N)o1. The minimum Gasteiger partial charge on any atom is -0.422 e. The molecule has 0 atom stereocenters. The largest absolute Gasteiger partial charge is 0.422 e. The van der Waals surface area contributed by atoms with E-state index >= 15 is 0 Å². The molecule has 0 aliphatic rings. The lowest BCUT2D eigenvalue weighted by Gasteiger charge is -1.98. The highest BCUT2D eigenvalue weighted by molar-refractivity contribution is 5.40. The van der Waals surface area contributed by atoms with Crippen molar-refractivity contribution in [1.29, 1.82) is 5.26 Å². The Morgan fingerprint density at radius 3 is 2.93 bits per heavy atom. The van der Waals surface area contributed by atoms with E-state index in [-0.39, 0.29) is 18.2 Å². The molecule has 0 amide bonds. The van der Waals surface area contributed by atoms with Crippen molar-refractivity contribution < 1.29 is 13.9 Å². The number of hydrogen-bond acceptors (Lipinski definition) is 6. The van der Waals surface area contributed by atoms with Gasteiger partial charge in [0.1, 0.15) is 12.7 Å². The lowest BCUT2D eigenvalue weighted by atomic mass is 10.5. The summed E-state index contributed by atoms with van der Waals surface area (Å²) in [4.78, 5) is 3.81. The molecule has 0 aliphatic heterocycles. The van der Waals surface area contributed by atoms with Crippen molar-refractivity contribution in [2.24, 2.45) is 0 Å². The zero-order valence-corrected chi connectivity index (χ0v) is 7.82. The molecule has 0 saturated heterocycles. The van der Waals surface area contributed by atoms with Crippen LogP contribution in [0.2, 0.25) is 0 Å². The van der Waals surface area contributed by atoms with Gasteiger partial charge in [0.2, 0.25) is 17.5 Å². The predicted octanol–water partition coefficient (Wildman–Crippen LogP) is 0.291. The second-order valence-electron chi connectivity index (χ2n) is 2.48. The van der Waals surface area contributed by atoms with E-state index in [4.69, 9.17) is 24.9 Å². The number of oxazole rings is 1. The van der Waals surface area contributed by atoms with Crippen molar-refractivity contribution in [3.8, 4) is 6.07 Å². The third-order valence-corrected chi connectivity index (χ3v) is 1.46. The van der Waals surface area contributed by atoms with Gasteiger partial charge in [0.05, 0.1) is 13.2 Å². The van der Waals surface area contributed by atoms with Gasteiger partial charge in [0.15, 0.2) is 0 Å². The molecule has 1 heterocycles. The number of nitriles is 1. The molecular weight excluding hydrogens is 186 g/mol. The highest BCUT2D eigenvalue weighted by Gasteiger charge is 2.08. The van der Waals surface area contributed by atoms with Crippen LogP contribution in [0.3, 0.4) is 0 Å². The van der Waals surface area contributed by atoms with Gasteiger partial charge in [0, 0.05) is 7.11 Å². The minimum atomic E-state index is 0.0258. The molecule has 1 rings (SSSR count). The van der Waals surface area contributed by atoms with E-state index in [2.05, 4.69) is 4.98 Å². The number of anilines is 1. The molecule has 1 aromatic rings. The average molecular weight is 197 g/mol. The number of methoxy groups -OCH3 is 1. The first kappa shape index (κ1) is 10.5. The molecule has 0 saturated carbocycles. The summed E-state index contributed by atoms with van der Waals surface area (Å²) in [6.45, 7) is 1.14. The highest BCUT2D eigenvalue weighted by atomic mass is 16.5. The van der Waals surface area contributed by atoms with Crippen molar-refractivity contribution >= 4 is 5.88 Å². The Hall–Kier alpha value is -1.58. The molecule has 0 spiro atoms. The normalized spacial score (nSPS) is 10.0. The maximum absolute atomic E-state index is 8.53. The van der Waals surface area contributed by atoms with Gasteiger partial charge in [-0.15, -0.1) is 0 Å². The van der Waals surface area contributed by atoms with Gasteiger partial charge in [-0.3, -0.25) is 0 Å². The van der Waals surface area contributed by atoms with Crippen LogP contribution in [-0.2, 0) is 16.1 Å². The quantitative estimate of drug-likeness (QED) is 0.682. The first-order valence-corrected chi connectivity index (χ1v) is 4.00. The van der Waals surface area contributed by atoms with Gasteiger partial charge in [-0.1, -0.05) is 0 Å². The van der Waals surface area contributed by atoms with Crippen LogP contribution < -0.4 is 5.73 Å². The van der Waals surface area contributed by atoms with Crippen molar-refractivity contribution in [2.75, 3.05) is 26.1 Å². The number of rotatable bonds is 5. The molecule has 0 aromatic carbocycles. The summed E-state index contributed by atoms with van der Waals surface area (Å²) in [6, 6.07) is 1.81. The van der Waals surface area contributed by atoms with E-state index < -0.39 is 0 Å². The summed E-state index contributed by atoms with van der Waals surface area (Å²) in [5.74, 6) is 0.327. The smallest absolute Gasteiger partial charge is 0.229 e. The van der Waals surface area contributed by atoms with Gasteiger partial charge < -0.3 is 19.6 Å². The van der Waals surface area contributed by atoms with Crippen LogP contribution >= 0.6 is 0 Å². The Morgan fingerprint density at radius 2 is 2.36 bits per heavy atom. The number of nitrogen functional groups attached to an aromatic ring is 1. The first-order valence-electron chi connectivity index (χ1n) is 4.00. The zero-order chi connectivity index (χ0) is 10.4. The van der Waals surface area contributed by atoms with Crippen molar-refractivity contribution in [2.45, 2.75) is 6.61 Å². The van der Waals surface area contributed by atoms with Crippen molar-refractivity contribution in [3.05, 3.63) is 11.6 Å². The molecule has 0 bridgehead atoms.